The normalized spacial score (nSPS) is 14.2. The van der Waals surface area contributed by atoms with Crippen molar-refractivity contribution in [1.29, 1.82) is 0 Å². The van der Waals surface area contributed by atoms with Crippen molar-refractivity contribution < 1.29 is 13.2 Å². The molecule has 4 aromatic carbocycles. The second-order valence-electron chi connectivity index (χ2n) is 8.57. The molecule has 0 fully saturated rings. The molecule has 4 N–H and O–H groups in total. The molecular formula is C27H23N5O3S2. The van der Waals surface area contributed by atoms with E-state index in [1.165, 1.54) is 12.1 Å². The van der Waals surface area contributed by atoms with Gasteiger partial charge in [0.05, 0.1) is 17.9 Å². The summed E-state index contributed by atoms with van der Waals surface area (Å²) >= 11 is 5.31. The highest BCUT2D eigenvalue weighted by Crippen LogP contribution is 2.35. The number of rotatable bonds is 5. The summed E-state index contributed by atoms with van der Waals surface area (Å²) < 4.78 is 23.8. The summed E-state index contributed by atoms with van der Waals surface area (Å²) in [6.07, 6.45) is 0. The summed E-state index contributed by atoms with van der Waals surface area (Å²) in [6, 6.07) is 25.9. The van der Waals surface area contributed by atoms with E-state index in [4.69, 9.17) is 17.4 Å². The fraction of sp³-hybridized carbons (Fsp3) is 0.0741. The third-order valence-electron chi connectivity index (χ3n) is 6.13. The van der Waals surface area contributed by atoms with Crippen LogP contribution in [0.2, 0.25) is 0 Å². The number of thiocarbonyl (C=S) groups is 1. The van der Waals surface area contributed by atoms with Gasteiger partial charge in [0.1, 0.15) is 4.90 Å². The molecule has 0 atom stereocenters. The van der Waals surface area contributed by atoms with E-state index < -0.39 is 10.0 Å². The van der Waals surface area contributed by atoms with Crippen molar-refractivity contribution in [2.75, 3.05) is 10.2 Å². The largest absolute Gasteiger partial charge is 0.330 e. The standard InChI is InChI=1S/C27H23N5O3S2/c1-17-8-6-13-21-24(30-31-27(36)29-22-14-4-5-15-23(22)37(28,34)35)26(33)32(25(17)21)16-19-11-7-10-18-9-2-3-12-20(18)19/h2-15H,16H2,1H3,(H2,28,34,35)(H2,29,31,36). The molecule has 0 spiro atoms. The smallest absolute Gasteiger partial charge is 0.279 e. The number of nitrogens with zero attached hydrogens (tertiary/aromatic N) is 2. The lowest BCUT2D eigenvalue weighted by Crippen LogP contribution is -2.32. The summed E-state index contributed by atoms with van der Waals surface area (Å²) in [7, 11) is -3.96. The van der Waals surface area contributed by atoms with Crippen LogP contribution >= 0.6 is 12.2 Å². The zero-order valence-corrected chi connectivity index (χ0v) is 21.4. The molecule has 0 bridgehead atoms. The molecule has 1 heterocycles. The predicted octanol–water partition coefficient (Wildman–Crippen LogP) is 4.03. The monoisotopic (exact) mass is 529 g/mol. The maximum atomic E-state index is 13.6. The Bertz CT molecular complexity index is 1690. The molecule has 4 aromatic rings. The Morgan fingerprint density at radius 2 is 1.68 bits per heavy atom. The first kappa shape index (κ1) is 24.6. The Morgan fingerprint density at radius 3 is 2.49 bits per heavy atom. The van der Waals surface area contributed by atoms with Crippen LogP contribution in [-0.4, -0.2) is 25.1 Å². The van der Waals surface area contributed by atoms with Crippen LogP contribution in [0.25, 0.3) is 10.8 Å². The molecular weight excluding hydrogens is 506 g/mol. The number of anilines is 2. The van der Waals surface area contributed by atoms with Gasteiger partial charge in [-0.2, -0.15) is 5.10 Å². The topological polar surface area (TPSA) is 117 Å². The van der Waals surface area contributed by atoms with Gasteiger partial charge >= 0.3 is 0 Å². The number of nitrogens with one attached hydrogen (secondary N) is 2. The van der Waals surface area contributed by atoms with Crippen molar-refractivity contribution in [1.82, 2.24) is 5.43 Å². The molecule has 0 aromatic heterocycles. The lowest BCUT2D eigenvalue weighted by molar-refractivity contribution is -0.112. The number of benzene rings is 4. The lowest BCUT2D eigenvalue weighted by atomic mass is 10.0. The van der Waals surface area contributed by atoms with Crippen LogP contribution in [0.3, 0.4) is 0 Å². The molecule has 1 aliphatic rings. The van der Waals surface area contributed by atoms with Crippen molar-refractivity contribution in [2.45, 2.75) is 18.4 Å². The minimum atomic E-state index is -3.96. The highest BCUT2D eigenvalue weighted by Gasteiger charge is 2.35. The maximum Gasteiger partial charge on any atom is 0.279 e. The molecule has 0 radical (unpaired) electrons. The molecule has 8 nitrogen and oxygen atoms in total. The van der Waals surface area contributed by atoms with Gasteiger partial charge in [-0.3, -0.25) is 10.2 Å². The molecule has 37 heavy (non-hydrogen) atoms. The van der Waals surface area contributed by atoms with Gasteiger partial charge in [0.25, 0.3) is 5.91 Å². The molecule has 1 amide bonds. The number of carbonyl (C=O) groups is 1. The van der Waals surface area contributed by atoms with E-state index in [0.717, 1.165) is 27.6 Å². The molecule has 186 valence electrons. The first-order chi connectivity index (χ1) is 17.7. The second-order valence-corrected chi connectivity index (χ2v) is 10.5. The first-order valence-corrected chi connectivity index (χ1v) is 13.3. The fourth-order valence-electron chi connectivity index (χ4n) is 4.49. The zero-order chi connectivity index (χ0) is 26.2. The molecule has 5 rings (SSSR count). The molecule has 1 aliphatic heterocycles. The number of aryl methyl sites for hydroxylation is 1. The summed E-state index contributed by atoms with van der Waals surface area (Å²) in [5.74, 6) is -0.266. The quantitative estimate of drug-likeness (QED) is 0.265. The van der Waals surface area contributed by atoms with E-state index in [9.17, 15) is 13.2 Å². The number of sulfonamides is 1. The van der Waals surface area contributed by atoms with E-state index in [-0.39, 0.29) is 27.3 Å². The van der Waals surface area contributed by atoms with E-state index in [2.05, 4.69) is 15.8 Å². The van der Waals surface area contributed by atoms with Crippen LogP contribution in [-0.2, 0) is 21.4 Å². The number of hydrogen-bond donors (Lipinski definition) is 3. The van der Waals surface area contributed by atoms with Crippen molar-refractivity contribution in [3.63, 3.8) is 0 Å². The average molecular weight is 530 g/mol. The van der Waals surface area contributed by atoms with Gasteiger partial charge in [-0.1, -0.05) is 72.8 Å². The highest BCUT2D eigenvalue weighted by molar-refractivity contribution is 7.89. The maximum absolute atomic E-state index is 13.6. The molecule has 0 saturated heterocycles. The number of hydrazone groups is 1. The SMILES string of the molecule is Cc1cccc2c1N(Cc1cccc3ccccc13)C(=O)C2=NNC(=S)Nc1ccccc1S(N)(=O)=O. The van der Waals surface area contributed by atoms with E-state index in [1.807, 2.05) is 67.6 Å². The number of nitrogens with two attached hydrogens (primary N) is 1. The van der Waals surface area contributed by atoms with Crippen molar-refractivity contribution in [3.05, 3.63) is 102 Å². The zero-order valence-electron chi connectivity index (χ0n) is 19.8. The van der Waals surface area contributed by atoms with Crippen LogP contribution < -0.4 is 20.8 Å². The number of para-hydroxylation sites is 2. The minimum Gasteiger partial charge on any atom is -0.330 e. The summed E-state index contributed by atoms with van der Waals surface area (Å²) in [5, 5.41) is 14.6. The Morgan fingerprint density at radius 1 is 0.973 bits per heavy atom. The van der Waals surface area contributed by atoms with Gasteiger partial charge in [0, 0.05) is 5.56 Å². The van der Waals surface area contributed by atoms with Gasteiger partial charge < -0.3 is 10.2 Å². The summed E-state index contributed by atoms with van der Waals surface area (Å²) in [4.78, 5) is 15.2. The number of primary sulfonamides is 1. The predicted molar refractivity (Wildman–Crippen MR) is 150 cm³/mol. The molecule has 0 unspecified atom stereocenters. The highest BCUT2D eigenvalue weighted by atomic mass is 32.2. The van der Waals surface area contributed by atoms with Crippen LogP contribution in [0, 0.1) is 6.92 Å². The molecule has 0 saturated carbocycles. The van der Waals surface area contributed by atoms with Crippen LogP contribution in [0.15, 0.2) is 94.9 Å². The Balaban J connectivity index is 1.44. The van der Waals surface area contributed by atoms with Crippen molar-refractivity contribution in [3.8, 4) is 0 Å². The van der Waals surface area contributed by atoms with Crippen molar-refractivity contribution >= 4 is 61.1 Å². The van der Waals surface area contributed by atoms with E-state index >= 15 is 0 Å². The van der Waals surface area contributed by atoms with Gasteiger partial charge in [-0.15, -0.1) is 0 Å². The number of amides is 1. The van der Waals surface area contributed by atoms with E-state index in [0.29, 0.717) is 12.1 Å². The Hall–Kier alpha value is -4.12. The fourth-order valence-corrected chi connectivity index (χ4v) is 5.34. The Labute approximate surface area is 219 Å². The summed E-state index contributed by atoms with van der Waals surface area (Å²) in [5.41, 5.74) is 6.54. The van der Waals surface area contributed by atoms with Gasteiger partial charge in [0.2, 0.25) is 10.0 Å². The molecule has 0 aliphatic carbocycles. The second kappa shape index (κ2) is 9.74. The van der Waals surface area contributed by atoms with Gasteiger partial charge in [0.15, 0.2) is 10.8 Å². The van der Waals surface area contributed by atoms with Gasteiger partial charge in [-0.05, 0) is 53.2 Å². The molecule has 10 heteroatoms. The van der Waals surface area contributed by atoms with Crippen LogP contribution in [0.4, 0.5) is 11.4 Å². The number of hydrogen-bond acceptors (Lipinski definition) is 5. The van der Waals surface area contributed by atoms with Gasteiger partial charge in [-0.25, -0.2) is 13.6 Å². The Kier molecular flexibility index (Phi) is 6.46. The first-order valence-electron chi connectivity index (χ1n) is 11.4. The number of fused-ring (bicyclic) bond motifs is 2. The number of carbonyl (C=O) groups excluding carboxylic acids is 1. The third kappa shape index (κ3) is 4.82. The van der Waals surface area contributed by atoms with Crippen molar-refractivity contribution in [2.24, 2.45) is 10.2 Å². The van der Waals surface area contributed by atoms with Crippen LogP contribution in [0.1, 0.15) is 16.7 Å². The van der Waals surface area contributed by atoms with Crippen LogP contribution in [0.5, 0.6) is 0 Å². The lowest BCUT2D eigenvalue weighted by Gasteiger charge is -2.20. The third-order valence-corrected chi connectivity index (χ3v) is 7.29. The minimum absolute atomic E-state index is 0.0121. The van der Waals surface area contributed by atoms with E-state index in [1.54, 1.807) is 17.0 Å². The average Bonchev–Trinajstić information content (AvgIpc) is 3.14. The summed E-state index contributed by atoms with van der Waals surface area (Å²) in [6.45, 7) is 2.33.